The Balaban J connectivity index is 2.22. The van der Waals surface area contributed by atoms with Crippen molar-refractivity contribution in [2.24, 2.45) is 5.84 Å². The quantitative estimate of drug-likeness (QED) is 0.427. The summed E-state index contributed by atoms with van der Waals surface area (Å²) in [5.74, 6) is 5.85. The highest BCUT2D eigenvalue weighted by molar-refractivity contribution is 5.75. The molecule has 0 unspecified atom stereocenters. The Morgan fingerprint density at radius 2 is 2.21 bits per heavy atom. The van der Waals surface area contributed by atoms with Crippen molar-refractivity contribution >= 4 is 17.1 Å². The number of hydrazine groups is 1. The molecule has 0 atom stereocenters. The predicted molar refractivity (Wildman–Crippen MR) is 69.5 cm³/mol. The number of anilines is 2. The number of hydrogen-bond donors (Lipinski definition) is 3. The van der Waals surface area contributed by atoms with Crippen LogP contribution in [0.15, 0.2) is 28.8 Å². The van der Waals surface area contributed by atoms with E-state index in [2.05, 4.69) is 15.9 Å². The summed E-state index contributed by atoms with van der Waals surface area (Å²) in [5.41, 5.74) is 3.54. The van der Waals surface area contributed by atoms with Gasteiger partial charge in [0.15, 0.2) is 5.76 Å². The van der Waals surface area contributed by atoms with Crippen LogP contribution in [0.5, 0.6) is 0 Å². The second kappa shape index (κ2) is 5.36. The van der Waals surface area contributed by atoms with Crippen LogP contribution in [0.1, 0.15) is 11.5 Å². The van der Waals surface area contributed by atoms with Crippen molar-refractivity contribution < 1.29 is 9.45 Å². The molecular weight excluding hydrogens is 250 g/mol. The Morgan fingerprint density at radius 3 is 2.79 bits per heavy atom. The molecule has 0 fully saturated rings. The van der Waals surface area contributed by atoms with Crippen molar-refractivity contribution in [2.45, 2.75) is 13.5 Å². The van der Waals surface area contributed by atoms with Gasteiger partial charge in [-0.3, -0.25) is 16.0 Å². The number of nitrogens with two attached hydrogens (primary N) is 1. The highest BCUT2D eigenvalue weighted by Crippen LogP contribution is 2.32. The molecule has 1 heterocycles. The second-order valence-corrected chi connectivity index (χ2v) is 3.89. The van der Waals surface area contributed by atoms with E-state index in [1.165, 1.54) is 6.07 Å². The summed E-state index contributed by atoms with van der Waals surface area (Å²) in [4.78, 5) is 10.6. The van der Waals surface area contributed by atoms with Gasteiger partial charge in [-0.05, 0) is 19.1 Å². The number of nitro benzene ring substituents is 1. The first kappa shape index (κ1) is 12.8. The average Bonchev–Trinajstić information content (AvgIpc) is 2.81. The molecule has 0 saturated carbocycles. The number of benzene rings is 1. The number of para-hydroxylation sites is 1. The molecule has 0 aliphatic heterocycles. The third-order valence-electron chi connectivity index (χ3n) is 2.50. The average molecular weight is 263 g/mol. The first-order valence-electron chi connectivity index (χ1n) is 5.52. The lowest BCUT2D eigenvalue weighted by molar-refractivity contribution is -0.383. The lowest BCUT2D eigenvalue weighted by Crippen LogP contribution is -2.10. The number of aryl methyl sites for hydroxylation is 1. The molecule has 8 heteroatoms. The molecule has 0 saturated heterocycles. The number of nitrogens with zero attached hydrogens (tertiary/aromatic N) is 2. The van der Waals surface area contributed by atoms with Crippen LogP contribution in [0, 0.1) is 17.0 Å². The van der Waals surface area contributed by atoms with E-state index in [4.69, 9.17) is 10.4 Å². The molecule has 0 aliphatic carbocycles. The van der Waals surface area contributed by atoms with E-state index in [9.17, 15) is 10.1 Å². The summed E-state index contributed by atoms with van der Waals surface area (Å²) in [6.07, 6.45) is 0. The van der Waals surface area contributed by atoms with Gasteiger partial charge in [0.25, 0.3) is 0 Å². The SMILES string of the molecule is Cc1cc(CNc2cccc(NN)c2[N+](=O)[O-])on1. The van der Waals surface area contributed by atoms with Gasteiger partial charge in [-0.2, -0.15) is 0 Å². The largest absolute Gasteiger partial charge is 0.372 e. The van der Waals surface area contributed by atoms with Crippen molar-refractivity contribution in [3.8, 4) is 0 Å². The van der Waals surface area contributed by atoms with Crippen molar-refractivity contribution in [3.63, 3.8) is 0 Å². The number of aromatic nitrogens is 1. The highest BCUT2D eigenvalue weighted by atomic mass is 16.6. The number of nitrogen functional groups attached to an aromatic ring is 1. The molecular formula is C11H13N5O3. The number of hydrogen-bond acceptors (Lipinski definition) is 7. The molecule has 0 aliphatic rings. The molecule has 2 rings (SSSR count). The van der Waals surface area contributed by atoms with Crippen molar-refractivity contribution in [1.29, 1.82) is 0 Å². The Morgan fingerprint density at radius 1 is 1.47 bits per heavy atom. The molecule has 1 aromatic heterocycles. The van der Waals surface area contributed by atoms with Crippen molar-refractivity contribution in [3.05, 3.63) is 45.8 Å². The summed E-state index contributed by atoms with van der Waals surface area (Å²) >= 11 is 0. The van der Waals surface area contributed by atoms with E-state index in [-0.39, 0.29) is 11.4 Å². The fraction of sp³-hybridized carbons (Fsp3) is 0.182. The van der Waals surface area contributed by atoms with E-state index in [0.29, 0.717) is 18.0 Å². The molecule has 1 aromatic carbocycles. The molecule has 0 radical (unpaired) electrons. The van der Waals surface area contributed by atoms with Crippen LogP contribution in [-0.2, 0) is 6.54 Å². The zero-order chi connectivity index (χ0) is 13.8. The van der Waals surface area contributed by atoms with Gasteiger partial charge < -0.3 is 15.3 Å². The van der Waals surface area contributed by atoms with Crippen LogP contribution in [0.25, 0.3) is 0 Å². The minimum absolute atomic E-state index is 0.110. The maximum absolute atomic E-state index is 11.1. The number of nitro groups is 1. The molecule has 2 aromatic rings. The second-order valence-electron chi connectivity index (χ2n) is 3.89. The van der Waals surface area contributed by atoms with Crippen LogP contribution < -0.4 is 16.6 Å². The molecule has 19 heavy (non-hydrogen) atoms. The number of rotatable bonds is 5. The zero-order valence-corrected chi connectivity index (χ0v) is 10.2. The van der Waals surface area contributed by atoms with Gasteiger partial charge in [-0.15, -0.1) is 0 Å². The summed E-state index contributed by atoms with van der Waals surface area (Å²) < 4.78 is 5.02. The fourth-order valence-corrected chi connectivity index (χ4v) is 1.68. The van der Waals surface area contributed by atoms with Crippen LogP contribution in [-0.4, -0.2) is 10.1 Å². The highest BCUT2D eigenvalue weighted by Gasteiger charge is 2.19. The van der Waals surface area contributed by atoms with Gasteiger partial charge >= 0.3 is 5.69 Å². The molecule has 0 bridgehead atoms. The third-order valence-corrected chi connectivity index (χ3v) is 2.50. The van der Waals surface area contributed by atoms with E-state index >= 15 is 0 Å². The van der Waals surface area contributed by atoms with Crippen LogP contribution >= 0.6 is 0 Å². The topological polar surface area (TPSA) is 119 Å². The maximum atomic E-state index is 11.1. The first-order valence-corrected chi connectivity index (χ1v) is 5.52. The summed E-state index contributed by atoms with van der Waals surface area (Å²) in [5, 5.41) is 17.7. The van der Waals surface area contributed by atoms with Gasteiger partial charge in [0.1, 0.15) is 11.4 Å². The van der Waals surface area contributed by atoms with Crippen molar-refractivity contribution in [1.82, 2.24) is 5.16 Å². The van der Waals surface area contributed by atoms with E-state index < -0.39 is 4.92 Å². The van der Waals surface area contributed by atoms with E-state index in [1.54, 1.807) is 25.1 Å². The Kier molecular flexibility index (Phi) is 3.62. The molecule has 0 spiro atoms. The van der Waals surface area contributed by atoms with Gasteiger partial charge in [-0.1, -0.05) is 11.2 Å². The van der Waals surface area contributed by atoms with Crippen LogP contribution in [0.3, 0.4) is 0 Å². The lowest BCUT2D eigenvalue weighted by atomic mass is 10.2. The molecule has 100 valence electrons. The van der Waals surface area contributed by atoms with Gasteiger partial charge in [0, 0.05) is 6.07 Å². The smallest absolute Gasteiger partial charge is 0.316 e. The monoisotopic (exact) mass is 263 g/mol. The molecule has 8 nitrogen and oxygen atoms in total. The van der Waals surface area contributed by atoms with Gasteiger partial charge in [0.2, 0.25) is 0 Å². The van der Waals surface area contributed by atoms with Crippen molar-refractivity contribution in [2.75, 3.05) is 10.7 Å². The zero-order valence-electron chi connectivity index (χ0n) is 10.2. The summed E-state index contributed by atoms with van der Waals surface area (Å²) in [6.45, 7) is 2.10. The van der Waals surface area contributed by atoms with E-state index in [1.807, 2.05) is 0 Å². The maximum Gasteiger partial charge on any atom is 0.316 e. The van der Waals surface area contributed by atoms with Gasteiger partial charge in [-0.25, -0.2) is 0 Å². The first-order chi connectivity index (χ1) is 9.11. The number of nitrogens with one attached hydrogen (secondary N) is 2. The summed E-state index contributed by atoms with van der Waals surface area (Å²) in [6, 6.07) is 6.55. The van der Waals surface area contributed by atoms with Gasteiger partial charge in [0.05, 0.1) is 17.2 Å². The van der Waals surface area contributed by atoms with Crippen LogP contribution in [0.2, 0.25) is 0 Å². The lowest BCUT2D eigenvalue weighted by Gasteiger charge is -2.08. The normalized spacial score (nSPS) is 10.2. The Labute approximate surface area is 108 Å². The minimum atomic E-state index is -0.497. The minimum Gasteiger partial charge on any atom is -0.372 e. The Hall–Kier alpha value is -2.61. The molecule has 4 N–H and O–H groups in total. The standard InChI is InChI=1S/C11H13N5O3/c1-7-5-8(19-15-7)6-13-9-3-2-4-10(14-12)11(9)16(17)18/h2-5,13-14H,6,12H2,1H3. The van der Waals surface area contributed by atoms with Crippen LogP contribution in [0.4, 0.5) is 17.1 Å². The predicted octanol–water partition coefficient (Wildman–Crippen LogP) is 1.79. The Bertz CT molecular complexity index is 596. The van der Waals surface area contributed by atoms with E-state index in [0.717, 1.165) is 5.69 Å². The summed E-state index contributed by atoms with van der Waals surface area (Å²) in [7, 11) is 0. The third kappa shape index (κ3) is 2.80. The molecule has 0 amide bonds. The fourth-order valence-electron chi connectivity index (χ4n) is 1.68.